The minimum atomic E-state index is -0.430. The molecule has 50 heavy (non-hydrogen) atoms. The maximum atomic E-state index is 13.5. The topological polar surface area (TPSA) is 155 Å². The molecule has 0 unspecified atom stereocenters. The first-order valence-electron chi connectivity index (χ1n) is 16.4. The Morgan fingerprint density at radius 3 is 2.68 bits per heavy atom. The van der Waals surface area contributed by atoms with Crippen LogP contribution >= 0.6 is 23.2 Å². The molecule has 1 saturated heterocycles. The van der Waals surface area contributed by atoms with Gasteiger partial charge in [-0.05, 0) is 31.7 Å². The van der Waals surface area contributed by atoms with Crippen LogP contribution in [-0.4, -0.2) is 82.0 Å². The number of hydrogen-bond acceptors (Lipinski definition) is 9. The molecule has 6 rings (SSSR count). The number of methoxy groups -OCH3 is 1. The molecule has 0 aliphatic carbocycles. The van der Waals surface area contributed by atoms with Crippen molar-refractivity contribution in [2.24, 2.45) is 7.05 Å². The van der Waals surface area contributed by atoms with Gasteiger partial charge in [0.05, 0.1) is 46.5 Å². The smallest absolute Gasteiger partial charge is 0.291 e. The van der Waals surface area contributed by atoms with Gasteiger partial charge in [-0.25, -0.2) is 9.97 Å². The quantitative estimate of drug-likeness (QED) is 0.170. The molecule has 4 N–H and O–H groups in total. The van der Waals surface area contributed by atoms with E-state index in [9.17, 15) is 14.4 Å². The van der Waals surface area contributed by atoms with Gasteiger partial charge in [0.25, 0.3) is 5.91 Å². The van der Waals surface area contributed by atoms with Crippen LogP contribution in [0.4, 0.5) is 5.69 Å². The van der Waals surface area contributed by atoms with Crippen molar-refractivity contribution < 1.29 is 19.1 Å². The van der Waals surface area contributed by atoms with Crippen molar-refractivity contribution in [3.8, 4) is 28.4 Å². The van der Waals surface area contributed by atoms with Crippen molar-refractivity contribution in [2.75, 3.05) is 39.1 Å². The van der Waals surface area contributed by atoms with Crippen LogP contribution in [0.25, 0.3) is 22.5 Å². The zero-order valence-corrected chi connectivity index (χ0v) is 29.6. The Bertz CT molecular complexity index is 1930. The number of carbonyl (C=O) groups is 3. The Hall–Kier alpha value is -4.56. The van der Waals surface area contributed by atoms with Crippen molar-refractivity contribution >= 4 is 46.6 Å². The highest BCUT2D eigenvalue weighted by molar-refractivity contribution is 6.39. The number of pyridine rings is 2. The van der Waals surface area contributed by atoms with Gasteiger partial charge in [-0.1, -0.05) is 41.4 Å². The lowest BCUT2D eigenvalue weighted by Gasteiger charge is -2.26. The van der Waals surface area contributed by atoms with Crippen LogP contribution in [0.3, 0.4) is 0 Å². The lowest BCUT2D eigenvalue weighted by molar-refractivity contribution is -0.132. The molecule has 0 bridgehead atoms. The highest BCUT2D eigenvalue weighted by Crippen LogP contribution is 2.40. The van der Waals surface area contributed by atoms with Crippen LogP contribution in [0.1, 0.15) is 46.8 Å². The third kappa shape index (κ3) is 7.46. The van der Waals surface area contributed by atoms with E-state index in [1.807, 2.05) is 19.2 Å². The molecule has 13 nitrogen and oxygen atoms in total. The van der Waals surface area contributed by atoms with Gasteiger partial charge in [-0.2, -0.15) is 0 Å². The van der Waals surface area contributed by atoms with Gasteiger partial charge in [0, 0.05) is 87.1 Å². The Balaban J connectivity index is 1.19. The van der Waals surface area contributed by atoms with Crippen LogP contribution in [0.15, 0.2) is 42.6 Å². The second-order valence-electron chi connectivity index (χ2n) is 12.2. The number of amides is 3. The van der Waals surface area contributed by atoms with Crippen molar-refractivity contribution in [1.29, 1.82) is 0 Å². The number of nitrogens with zero attached hydrogens (tertiary/aromatic N) is 5. The van der Waals surface area contributed by atoms with Crippen molar-refractivity contribution in [2.45, 2.75) is 44.8 Å². The van der Waals surface area contributed by atoms with Gasteiger partial charge in [0.1, 0.15) is 0 Å². The Labute approximate surface area is 300 Å². The molecular formula is C35H39Cl2N9O4. The maximum absolute atomic E-state index is 13.5. The van der Waals surface area contributed by atoms with E-state index in [2.05, 4.69) is 31.2 Å². The summed E-state index contributed by atoms with van der Waals surface area (Å²) in [7, 11) is 5.18. The molecule has 15 heteroatoms. The maximum Gasteiger partial charge on any atom is 0.291 e. The predicted octanol–water partition coefficient (Wildman–Crippen LogP) is 3.97. The average molecular weight is 721 g/mol. The molecule has 1 fully saturated rings. The number of halogens is 2. The molecule has 2 aliphatic heterocycles. The number of hydrogen-bond donors (Lipinski definition) is 4. The lowest BCUT2D eigenvalue weighted by Crippen LogP contribution is -2.37. The number of fused-ring (bicyclic) bond motifs is 1. The molecule has 3 amide bonds. The van der Waals surface area contributed by atoms with Crippen LogP contribution in [-0.2, 0) is 36.1 Å². The number of benzene rings is 1. The second-order valence-corrected chi connectivity index (χ2v) is 13.0. The van der Waals surface area contributed by atoms with Crippen LogP contribution in [0.2, 0.25) is 10.0 Å². The Kier molecular flexibility index (Phi) is 11.0. The minimum absolute atomic E-state index is 0.0500. The fraction of sp³-hybridized carbons (Fsp3) is 0.371. The van der Waals surface area contributed by atoms with Gasteiger partial charge >= 0.3 is 0 Å². The van der Waals surface area contributed by atoms with Gasteiger partial charge < -0.3 is 35.5 Å². The van der Waals surface area contributed by atoms with E-state index in [1.54, 1.807) is 54.1 Å². The molecule has 3 aromatic heterocycles. The molecule has 4 aromatic rings. The summed E-state index contributed by atoms with van der Waals surface area (Å²) in [5.74, 6) is 0.377. The standard InChI is InChI=1S/C35H39Cl2N9O4/c1-38-14-12-29(48)46-16-13-27-26(19-46)42-33(45(27)2)34(49)43-25-6-4-5-23(30(25)36)32-31(37)22(11-15-40-32)24-9-7-20(35(44-24)50-3)17-39-18-21-8-10-28(47)41-21/h4-7,9,11,15,21,38-39H,8,10,12-14,16-19H2,1-3H3,(H,41,47)(H,43,49)/t21-/m0/s1. The van der Waals surface area contributed by atoms with E-state index in [1.165, 1.54) is 0 Å². The number of ether oxygens (including phenoxy) is 1. The molecule has 5 heterocycles. The third-order valence-electron chi connectivity index (χ3n) is 8.99. The second kappa shape index (κ2) is 15.5. The van der Waals surface area contributed by atoms with E-state index in [0.29, 0.717) is 96.8 Å². The summed E-state index contributed by atoms with van der Waals surface area (Å²) in [5.41, 5.74) is 5.04. The zero-order chi connectivity index (χ0) is 35.4. The molecule has 1 atom stereocenters. The molecule has 0 spiro atoms. The summed E-state index contributed by atoms with van der Waals surface area (Å²) in [6.45, 7) is 2.70. The summed E-state index contributed by atoms with van der Waals surface area (Å²) in [6, 6.07) is 10.9. The molecule has 1 aromatic carbocycles. The third-order valence-corrected chi connectivity index (χ3v) is 9.78. The van der Waals surface area contributed by atoms with Gasteiger partial charge in [0.15, 0.2) is 5.82 Å². The van der Waals surface area contributed by atoms with Crippen molar-refractivity contribution in [3.05, 3.63) is 75.4 Å². The summed E-state index contributed by atoms with van der Waals surface area (Å²) in [4.78, 5) is 53.3. The largest absolute Gasteiger partial charge is 0.481 e. The van der Waals surface area contributed by atoms with Crippen LogP contribution in [0.5, 0.6) is 5.88 Å². The van der Waals surface area contributed by atoms with E-state index in [4.69, 9.17) is 32.9 Å². The Morgan fingerprint density at radius 2 is 1.92 bits per heavy atom. The summed E-state index contributed by atoms with van der Waals surface area (Å²) in [6.07, 6.45) is 4.01. The fourth-order valence-corrected chi connectivity index (χ4v) is 6.87. The van der Waals surface area contributed by atoms with E-state index < -0.39 is 5.91 Å². The zero-order valence-electron chi connectivity index (χ0n) is 28.1. The normalized spacial score (nSPS) is 15.5. The minimum Gasteiger partial charge on any atom is -0.481 e. The van der Waals surface area contributed by atoms with E-state index in [0.717, 1.165) is 17.7 Å². The van der Waals surface area contributed by atoms with Crippen molar-refractivity contribution in [1.82, 2.24) is 40.4 Å². The van der Waals surface area contributed by atoms with Gasteiger partial charge in [0.2, 0.25) is 17.7 Å². The van der Waals surface area contributed by atoms with Gasteiger partial charge in [-0.15, -0.1) is 0 Å². The summed E-state index contributed by atoms with van der Waals surface area (Å²) >= 11 is 13.9. The molecule has 2 aliphatic rings. The highest BCUT2D eigenvalue weighted by atomic mass is 35.5. The van der Waals surface area contributed by atoms with Crippen LogP contribution < -0.4 is 26.0 Å². The first-order valence-corrected chi connectivity index (χ1v) is 17.2. The van der Waals surface area contributed by atoms with Crippen molar-refractivity contribution in [3.63, 3.8) is 0 Å². The monoisotopic (exact) mass is 719 g/mol. The molecule has 0 saturated carbocycles. The number of anilines is 1. The average Bonchev–Trinajstić information content (AvgIpc) is 3.69. The number of rotatable bonds is 12. The van der Waals surface area contributed by atoms with E-state index >= 15 is 0 Å². The molecular weight excluding hydrogens is 681 g/mol. The number of aromatic nitrogens is 4. The first-order chi connectivity index (χ1) is 24.2. The van der Waals surface area contributed by atoms with E-state index in [-0.39, 0.29) is 28.7 Å². The molecule has 0 radical (unpaired) electrons. The number of nitrogens with one attached hydrogen (secondary N) is 4. The summed E-state index contributed by atoms with van der Waals surface area (Å²) < 4.78 is 7.38. The number of imidazole rings is 1. The fourth-order valence-electron chi connectivity index (χ4n) is 6.30. The summed E-state index contributed by atoms with van der Waals surface area (Å²) in [5, 5.41) is 12.8. The lowest BCUT2D eigenvalue weighted by atomic mass is 10.1. The SMILES string of the molecule is CNCCC(=O)N1CCc2c(nc(C(=O)Nc3cccc(-c4nccc(-c5ccc(CNC[C@@H]6CCC(=O)N6)c(OC)n5)c4Cl)c3Cl)n2C)C1. The predicted molar refractivity (Wildman–Crippen MR) is 191 cm³/mol. The number of carbonyl (C=O) groups excluding carboxylic acids is 3. The first kappa shape index (κ1) is 35.3. The van der Waals surface area contributed by atoms with Crippen LogP contribution in [0, 0.1) is 0 Å². The highest BCUT2D eigenvalue weighted by Gasteiger charge is 2.28. The van der Waals surface area contributed by atoms with Gasteiger partial charge in [-0.3, -0.25) is 19.4 Å². The molecule has 262 valence electrons. The Morgan fingerprint density at radius 1 is 1.08 bits per heavy atom.